The number of methoxy groups -OCH3 is 3. The molecule has 0 saturated carbocycles. The van der Waals surface area contributed by atoms with Crippen molar-refractivity contribution in [2.24, 2.45) is 23.1 Å². The SMILES string of the molecule is COc1cc(CN(CCCN)C(=O)c2ccccc2Cl)ccc1OCc1ccccc1.COc1cc(CN(CCN)C(=O)C(C)C)ccc1OCc1ccccc1.COc1cc(CN(CCN)S(=O)(=O)c2ccccc2)ccc1OCc1ccccc1. The van der Waals surface area contributed by atoms with Crippen LogP contribution in [0.3, 0.4) is 0 Å². The first-order valence-electron chi connectivity index (χ1n) is 28.7. The highest BCUT2D eigenvalue weighted by atomic mass is 35.5. The van der Waals surface area contributed by atoms with Crippen molar-refractivity contribution in [3.8, 4) is 34.5 Å². The van der Waals surface area contributed by atoms with Gasteiger partial charge in [0.25, 0.3) is 5.91 Å². The second-order valence-corrected chi connectivity index (χ2v) is 22.6. The molecular formula is C69H81ClN6O10S. The van der Waals surface area contributed by atoms with Gasteiger partial charge in [-0.2, -0.15) is 4.31 Å². The Morgan fingerprint density at radius 1 is 0.448 bits per heavy atom. The number of rotatable bonds is 29. The molecule has 0 radical (unpaired) electrons. The third-order valence-electron chi connectivity index (χ3n) is 13.5. The molecule has 0 spiro atoms. The number of carbonyl (C=O) groups excluding carboxylic acids is 2. The van der Waals surface area contributed by atoms with Gasteiger partial charge in [-0.05, 0) is 107 Å². The fourth-order valence-electron chi connectivity index (χ4n) is 8.94. The lowest BCUT2D eigenvalue weighted by Crippen LogP contribution is -2.37. The van der Waals surface area contributed by atoms with Crippen LogP contribution in [0.5, 0.6) is 34.5 Å². The molecule has 0 heterocycles. The summed E-state index contributed by atoms with van der Waals surface area (Å²) < 4.78 is 61.6. The number of hydrogen-bond donors (Lipinski definition) is 3. The van der Waals surface area contributed by atoms with Crippen LogP contribution < -0.4 is 45.6 Å². The number of halogens is 1. The van der Waals surface area contributed by atoms with Crippen LogP contribution in [0.2, 0.25) is 5.02 Å². The molecule has 0 unspecified atom stereocenters. The smallest absolute Gasteiger partial charge is 0.255 e. The van der Waals surface area contributed by atoms with E-state index in [1.54, 1.807) is 85.7 Å². The van der Waals surface area contributed by atoms with E-state index in [1.165, 1.54) is 4.31 Å². The molecule has 0 aliphatic carbocycles. The lowest BCUT2D eigenvalue weighted by Gasteiger charge is -2.24. The van der Waals surface area contributed by atoms with E-state index < -0.39 is 10.0 Å². The summed E-state index contributed by atoms with van der Waals surface area (Å²) in [5.41, 5.74) is 23.4. The summed E-state index contributed by atoms with van der Waals surface area (Å²) in [5, 5.41) is 0.437. The molecule has 87 heavy (non-hydrogen) atoms. The van der Waals surface area contributed by atoms with Gasteiger partial charge < -0.3 is 55.4 Å². The molecule has 0 atom stereocenters. The quantitative estimate of drug-likeness (QED) is 0.0399. The molecule has 8 aromatic rings. The number of sulfonamides is 1. The minimum absolute atomic E-state index is 0.0584. The Hall–Kier alpha value is -8.42. The average molecular weight is 1220 g/mol. The van der Waals surface area contributed by atoms with E-state index in [-0.39, 0.29) is 42.3 Å². The fourth-order valence-corrected chi connectivity index (χ4v) is 10.6. The Labute approximate surface area is 518 Å². The summed E-state index contributed by atoms with van der Waals surface area (Å²) >= 11 is 6.25. The summed E-state index contributed by atoms with van der Waals surface area (Å²) in [5.74, 6) is 3.68. The van der Waals surface area contributed by atoms with E-state index in [4.69, 9.17) is 57.2 Å². The van der Waals surface area contributed by atoms with Crippen LogP contribution in [-0.2, 0) is 54.3 Å². The van der Waals surface area contributed by atoms with Crippen molar-refractivity contribution in [2.45, 2.75) is 64.6 Å². The number of nitrogens with zero attached hydrogens (tertiary/aromatic N) is 3. The average Bonchev–Trinajstić information content (AvgIpc) is 3.75. The highest BCUT2D eigenvalue weighted by Crippen LogP contribution is 2.33. The fraction of sp³-hybridized carbons (Fsp3) is 0.275. The summed E-state index contributed by atoms with van der Waals surface area (Å²) in [6.45, 7) is 8.68. The monoisotopic (exact) mass is 1220 g/mol. The van der Waals surface area contributed by atoms with Gasteiger partial charge in [0.1, 0.15) is 19.8 Å². The zero-order valence-corrected chi connectivity index (χ0v) is 51.8. The van der Waals surface area contributed by atoms with E-state index in [0.29, 0.717) is 111 Å². The first-order valence-corrected chi connectivity index (χ1v) is 30.5. The van der Waals surface area contributed by atoms with Crippen molar-refractivity contribution in [1.29, 1.82) is 0 Å². The predicted octanol–water partition coefficient (Wildman–Crippen LogP) is 11.6. The zero-order chi connectivity index (χ0) is 62.4. The van der Waals surface area contributed by atoms with Crippen molar-refractivity contribution in [3.05, 3.63) is 244 Å². The highest BCUT2D eigenvalue weighted by molar-refractivity contribution is 7.89. The molecule has 0 aliphatic heterocycles. The number of amides is 2. The normalized spacial score (nSPS) is 10.9. The van der Waals surface area contributed by atoms with Gasteiger partial charge in [-0.3, -0.25) is 9.59 Å². The molecule has 8 rings (SSSR count). The number of ether oxygens (including phenoxy) is 6. The van der Waals surface area contributed by atoms with Crippen molar-refractivity contribution >= 4 is 33.4 Å². The molecule has 0 aromatic heterocycles. The van der Waals surface area contributed by atoms with Crippen LogP contribution in [0.15, 0.2) is 205 Å². The van der Waals surface area contributed by atoms with Crippen LogP contribution in [0.25, 0.3) is 0 Å². The molecule has 460 valence electrons. The second-order valence-electron chi connectivity index (χ2n) is 20.3. The van der Waals surface area contributed by atoms with Crippen molar-refractivity contribution < 1.29 is 46.4 Å². The summed E-state index contributed by atoms with van der Waals surface area (Å²) in [6.07, 6.45) is 0.700. The Bertz CT molecular complexity index is 3460. The van der Waals surface area contributed by atoms with Gasteiger partial charge in [-0.25, -0.2) is 8.42 Å². The third-order valence-corrected chi connectivity index (χ3v) is 15.7. The highest BCUT2D eigenvalue weighted by Gasteiger charge is 2.25. The van der Waals surface area contributed by atoms with Crippen molar-refractivity contribution in [2.75, 3.05) is 60.6 Å². The van der Waals surface area contributed by atoms with Crippen LogP contribution in [0.1, 0.15) is 64.0 Å². The maximum Gasteiger partial charge on any atom is 0.255 e. The van der Waals surface area contributed by atoms with Crippen molar-refractivity contribution in [1.82, 2.24) is 14.1 Å². The lowest BCUT2D eigenvalue weighted by molar-refractivity contribution is -0.135. The molecule has 0 fully saturated rings. The Balaban J connectivity index is 0.000000209. The van der Waals surface area contributed by atoms with Crippen LogP contribution >= 0.6 is 11.6 Å². The van der Waals surface area contributed by atoms with Gasteiger partial charge in [0.05, 0.1) is 36.8 Å². The Kier molecular flexibility index (Phi) is 27.9. The molecule has 6 N–H and O–H groups in total. The topological polar surface area (TPSA) is 211 Å². The van der Waals surface area contributed by atoms with E-state index in [2.05, 4.69) is 0 Å². The van der Waals surface area contributed by atoms with Crippen LogP contribution in [-0.4, -0.2) is 94.9 Å². The molecule has 0 aliphatic rings. The summed E-state index contributed by atoms with van der Waals surface area (Å²) in [4.78, 5) is 29.2. The number of carbonyl (C=O) groups is 2. The molecular weight excluding hydrogens is 1140 g/mol. The summed E-state index contributed by atoms with van der Waals surface area (Å²) in [6, 6.07) is 62.1. The standard InChI is InChI=1S/C25H27ClN2O3.C23H26N2O4S.C21H28N2O3/c1-30-24-16-20(12-13-23(24)31-18-19-8-3-2-4-9-19)17-28(15-7-14-27)25(29)21-10-5-6-11-22(21)26;1-28-23-16-20(12-13-22(23)29-18-19-8-4-2-5-9-19)17-25(15-14-24)30(26,27)21-10-6-3-7-11-21;1-16(2)21(24)23(12-11-22)14-18-9-10-19(20(13-18)25-3)26-15-17-7-5-4-6-8-17/h2-6,8-13,16H,7,14-15,17-18,27H2,1H3;2-13,16H,14-15,17-18,24H2,1H3;4-10,13,16H,11-12,14-15,22H2,1-3H3. The molecule has 8 aromatic carbocycles. The lowest BCUT2D eigenvalue weighted by atomic mass is 10.1. The van der Waals surface area contributed by atoms with E-state index in [1.807, 2.05) is 159 Å². The van der Waals surface area contributed by atoms with Gasteiger partial charge >= 0.3 is 0 Å². The van der Waals surface area contributed by atoms with E-state index >= 15 is 0 Å². The van der Waals surface area contributed by atoms with Crippen LogP contribution in [0, 0.1) is 5.92 Å². The number of benzene rings is 8. The minimum Gasteiger partial charge on any atom is -0.493 e. The molecule has 16 nitrogen and oxygen atoms in total. The molecule has 0 saturated heterocycles. The summed E-state index contributed by atoms with van der Waals surface area (Å²) in [7, 11) is 1.13. The molecule has 0 bridgehead atoms. The minimum atomic E-state index is -3.66. The van der Waals surface area contributed by atoms with Crippen molar-refractivity contribution in [3.63, 3.8) is 0 Å². The third kappa shape index (κ3) is 21.2. The molecule has 2 amide bonds. The molecule has 18 heteroatoms. The Morgan fingerprint density at radius 3 is 1.23 bits per heavy atom. The van der Waals surface area contributed by atoms with Gasteiger partial charge in [-0.1, -0.05) is 165 Å². The van der Waals surface area contributed by atoms with E-state index in [9.17, 15) is 18.0 Å². The maximum atomic E-state index is 13.1. The van der Waals surface area contributed by atoms with Gasteiger partial charge in [-0.15, -0.1) is 0 Å². The number of hydrogen-bond acceptors (Lipinski definition) is 13. The first kappa shape index (κ1) is 67.7. The van der Waals surface area contributed by atoms with Gasteiger partial charge in [0, 0.05) is 58.3 Å². The maximum absolute atomic E-state index is 13.1. The zero-order valence-electron chi connectivity index (χ0n) is 50.3. The van der Waals surface area contributed by atoms with Gasteiger partial charge in [0.15, 0.2) is 34.5 Å². The predicted molar refractivity (Wildman–Crippen MR) is 344 cm³/mol. The largest absolute Gasteiger partial charge is 0.493 e. The Morgan fingerprint density at radius 2 is 0.839 bits per heavy atom. The van der Waals surface area contributed by atoms with Crippen LogP contribution in [0.4, 0.5) is 0 Å². The van der Waals surface area contributed by atoms with Gasteiger partial charge in [0.2, 0.25) is 15.9 Å². The number of nitrogens with two attached hydrogens (primary N) is 3. The second kappa shape index (κ2) is 35.9. The first-order chi connectivity index (χ1) is 42.2. The van der Waals surface area contributed by atoms with E-state index in [0.717, 1.165) is 33.4 Å².